The van der Waals surface area contributed by atoms with Crippen LogP contribution in [0.15, 0.2) is 0 Å². The minimum absolute atomic E-state index is 0.0764. The van der Waals surface area contributed by atoms with E-state index in [0.29, 0.717) is 0 Å². The Morgan fingerprint density at radius 2 is 1.88 bits per heavy atom. The van der Waals surface area contributed by atoms with Crippen molar-refractivity contribution in [2.45, 2.75) is 19.7 Å². The van der Waals surface area contributed by atoms with Gasteiger partial charge in [0.1, 0.15) is 0 Å². The normalized spacial score (nSPS) is 16.1. The minimum atomic E-state index is -0.940. The van der Waals surface area contributed by atoms with Crippen LogP contribution >= 0.6 is 7.26 Å². The zero-order valence-corrected chi connectivity index (χ0v) is 7.07. The summed E-state index contributed by atoms with van der Waals surface area (Å²) in [5, 5.41) is 9.13. The lowest BCUT2D eigenvalue weighted by Gasteiger charge is -2.18. The summed E-state index contributed by atoms with van der Waals surface area (Å²) < 4.78 is 0. The summed E-state index contributed by atoms with van der Waals surface area (Å²) in [6, 6.07) is 0. The highest BCUT2D eigenvalue weighted by Crippen LogP contribution is 2.54. The molecule has 0 aliphatic carbocycles. The second-order valence-electron chi connectivity index (χ2n) is 2.73. The molecule has 50 valence electrons. The number of aliphatic hydroxyl groups excluding tert-OH is 1. The van der Waals surface area contributed by atoms with Gasteiger partial charge < -0.3 is 5.11 Å². The fraction of sp³-hybridized carbons (Fsp3) is 1.00. The second kappa shape index (κ2) is 2.80. The van der Waals surface area contributed by atoms with E-state index in [-0.39, 0.29) is 5.85 Å². The molecular formula is C6H16OP+. The minimum Gasteiger partial charge on any atom is -0.360 e. The van der Waals surface area contributed by atoms with Crippen molar-refractivity contribution >= 4 is 7.26 Å². The Morgan fingerprint density at radius 1 is 1.50 bits per heavy atom. The molecule has 1 atom stereocenters. The van der Waals surface area contributed by atoms with Crippen LogP contribution in [0.2, 0.25) is 0 Å². The molecule has 1 N–H and O–H groups in total. The maximum absolute atomic E-state index is 9.13. The van der Waals surface area contributed by atoms with Crippen LogP contribution in [0, 0.1) is 0 Å². The van der Waals surface area contributed by atoms with Crippen molar-refractivity contribution in [2.75, 3.05) is 19.5 Å². The number of hydrogen-bond acceptors (Lipinski definition) is 1. The molecular weight excluding hydrogens is 119 g/mol. The molecule has 0 saturated carbocycles. The lowest BCUT2D eigenvalue weighted by molar-refractivity contribution is 0.275. The van der Waals surface area contributed by atoms with Crippen molar-refractivity contribution in [2.24, 2.45) is 0 Å². The Labute approximate surface area is 52.4 Å². The Morgan fingerprint density at radius 3 is 1.88 bits per heavy atom. The molecule has 0 aromatic carbocycles. The second-order valence-corrected chi connectivity index (χ2v) is 7.66. The first-order valence-electron chi connectivity index (χ1n) is 3.01. The molecule has 0 rings (SSSR count). The first-order valence-corrected chi connectivity index (χ1v) is 5.95. The fourth-order valence-electron chi connectivity index (χ4n) is 0.264. The molecule has 1 nitrogen and oxygen atoms in total. The van der Waals surface area contributed by atoms with Gasteiger partial charge in [0.05, 0.1) is 19.5 Å². The van der Waals surface area contributed by atoms with Crippen molar-refractivity contribution in [3.63, 3.8) is 0 Å². The van der Waals surface area contributed by atoms with Gasteiger partial charge in [0, 0.05) is 7.26 Å². The van der Waals surface area contributed by atoms with Gasteiger partial charge in [-0.15, -0.1) is 0 Å². The van der Waals surface area contributed by atoms with Gasteiger partial charge >= 0.3 is 0 Å². The van der Waals surface area contributed by atoms with Gasteiger partial charge in [-0.25, -0.2) is 0 Å². The van der Waals surface area contributed by atoms with Crippen LogP contribution in [0.25, 0.3) is 0 Å². The maximum Gasteiger partial charge on any atom is 0.160 e. The Balaban J connectivity index is 3.71. The van der Waals surface area contributed by atoms with Crippen LogP contribution in [-0.4, -0.2) is 30.4 Å². The molecule has 0 aromatic heterocycles. The lowest BCUT2D eigenvalue weighted by Crippen LogP contribution is -2.07. The van der Waals surface area contributed by atoms with Gasteiger partial charge in [0.15, 0.2) is 5.85 Å². The van der Waals surface area contributed by atoms with Crippen molar-refractivity contribution in [3.05, 3.63) is 0 Å². The van der Waals surface area contributed by atoms with Crippen molar-refractivity contribution in [1.82, 2.24) is 0 Å². The average molecular weight is 135 g/mol. The van der Waals surface area contributed by atoms with E-state index in [4.69, 9.17) is 5.11 Å². The van der Waals surface area contributed by atoms with E-state index in [1.807, 2.05) is 6.92 Å². The molecule has 0 fully saturated rings. The van der Waals surface area contributed by atoms with Gasteiger partial charge in [0.25, 0.3) is 0 Å². The zero-order chi connectivity index (χ0) is 6.78. The molecule has 8 heavy (non-hydrogen) atoms. The first kappa shape index (κ1) is 8.39. The Kier molecular flexibility index (Phi) is 2.93. The predicted octanol–water partition coefficient (Wildman–Crippen LogP) is 1.62. The molecule has 0 radical (unpaired) electrons. The van der Waals surface area contributed by atoms with Crippen molar-refractivity contribution in [3.8, 4) is 0 Å². The van der Waals surface area contributed by atoms with Gasteiger partial charge in [-0.05, 0) is 13.8 Å². The van der Waals surface area contributed by atoms with E-state index < -0.39 is 7.26 Å². The maximum atomic E-state index is 9.13. The first-order chi connectivity index (χ1) is 3.50. The van der Waals surface area contributed by atoms with E-state index in [0.717, 1.165) is 6.16 Å². The predicted molar refractivity (Wildman–Crippen MR) is 41.0 cm³/mol. The van der Waals surface area contributed by atoms with Crippen LogP contribution in [0.5, 0.6) is 0 Å². The molecule has 0 heterocycles. The third kappa shape index (κ3) is 2.11. The van der Waals surface area contributed by atoms with Gasteiger partial charge in [0.2, 0.25) is 0 Å². The van der Waals surface area contributed by atoms with Crippen LogP contribution in [0.1, 0.15) is 13.8 Å². The number of hydrogen-bond donors (Lipinski definition) is 1. The lowest BCUT2D eigenvalue weighted by atomic mass is 10.9. The average Bonchev–Trinajstić information content (AvgIpc) is 1.67. The summed E-state index contributed by atoms with van der Waals surface area (Å²) in [4.78, 5) is 0. The van der Waals surface area contributed by atoms with Gasteiger partial charge in [-0.1, -0.05) is 0 Å². The van der Waals surface area contributed by atoms with Gasteiger partial charge in [-0.3, -0.25) is 0 Å². The summed E-state index contributed by atoms with van der Waals surface area (Å²) in [5.74, 6) is -0.0764. The molecule has 0 saturated heterocycles. The zero-order valence-electron chi connectivity index (χ0n) is 6.18. The molecule has 0 bridgehead atoms. The number of rotatable bonds is 2. The topological polar surface area (TPSA) is 20.2 Å². The molecule has 0 spiro atoms. The van der Waals surface area contributed by atoms with Gasteiger partial charge in [-0.2, -0.15) is 0 Å². The van der Waals surface area contributed by atoms with Crippen LogP contribution in [-0.2, 0) is 0 Å². The fourth-order valence-corrected chi connectivity index (χ4v) is 0.793. The van der Waals surface area contributed by atoms with E-state index >= 15 is 0 Å². The Bertz CT molecular complexity index is 68.9. The molecule has 0 aliphatic heterocycles. The number of aliphatic hydroxyl groups is 1. The Hall–Kier alpha value is 0.390. The third-order valence-corrected chi connectivity index (χ3v) is 5.48. The molecule has 0 aliphatic rings. The summed E-state index contributed by atoms with van der Waals surface area (Å²) in [6.07, 6.45) is 1.14. The van der Waals surface area contributed by atoms with E-state index in [1.165, 1.54) is 0 Å². The smallest absolute Gasteiger partial charge is 0.160 e. The SMILES string of the molecule is CC[P+](C)(C)C(C)O. The largest absolute Gasteiger partial charge is 0.360 e. The molecule has 0 amide bonds. The highest BCUT2D eigenvalue weighted by atomic mass is 31.2. The van der Waals surface area contributed by atoms with Crippen molar-refractivity contribution < 1.29 is 5.11 Å². The summed E-state index contributed by atoms with van der Waals surface area (Å²) >= 11 is 0. The van der Waals surface area contributed by atoms with E-state index in [1.54, 1.807) is 0 Å². The van der Waals surface area contributed by atoms with Crippen LogP contribution < -0.4 is 0 Å². The molecule has 1 unspecified atom stereocenters. The quantitative estimate of drug-likeness (QED) is 0.570. The summed E-state index contributed by atoms with van der Waals surface area (Å²) in [7, 11) is -0.940. The van der Waals surface area contributed by atoms with E-state index in [9.17, 15) is 0 Å². The van der Waals surface area contributed by atoms with Crippen LogP contribution in [0.3, 0.4) is 0 Å². The molecule has 2 heteroatoms. The highest BCUT2D eigenvalue weighted by Gasteiger charge is 2.28. The van der Waals surface area contributed by atoms with Crippen molar-refractivity contribution in [1.29, 1.82) is 0 Å². The summed E-state index contributed by atoms with van der Waals surface area (Å²) in [5.41, 5.74) is 0. The monoisotopic (exact) mass is 135 g/mol. The molecule has 0 aromatic rings. The summed E-state index contributed by atoms with van der Waals surface area (Å²) in [6.45, 7) is 8.38. The third-order valence-electron chi connectivity index (χ3n) is 1.83. The highest BCUT2D eigenvalue weighted by molar-refractivity contribution is 7.74. The van der Waals surface area contributed by atoms with E-state index in [2.05, 4.69) is 20.3 Å². The standard InChI is InChI=1S/C6H16OP/c1-5-8(3,4)6(2)7/h6-7H,5H2,1-4H3/q+1. The van der Waals surface area contributed by atoms with Crippen LogP contribution in [0.4, 0.5) is 0 Å².